The Bertz CT molecular complexity index is 922. The molecule has 2 aromatic carbocycles. The molecular formula is C21H24Cl3N3O3. The maximum Gasteiger partial charge on any atom is 0.328 e. The Labute approximate surface area is 191 Å². The summed E-state index contributed by atoms with van der Waals surface area (Å²) in [6, 6.07) is 10.4. The van der Waals surface area contributed by atoms with Gasteiger partial charge in [0.1, 0.15) is 6.04 Å². The molecule has 1 amide bonds. The van der Waals surface area contributed by atoms with E-state index in [1.807, 2.05) is 24.3 Å². The molecule has 6 nitrogen and oxygen atoms in total. The molecule has 0 bridgehead atoms. The maximum atomic E-state index is 12.0. The molecule has 0 spiro atoms. The van der Waals surface area contributed by atoms with Crippen LogP contribution in [0.4, 0.5) is 5.69 Å². The summed E-state index contributed by atoms with van der Waals surface area (Å²) in [5.41, 5.74) is 11.6. The van der Waals surface area contributed by atoms with E-state index < -0.39 is 12.0 Å². The zero-order valence-electron chi connectivity index (χ0n) is 16.4. The number of hydrazine groups is 1. The van der Waals surface area contributed by atoms with Gasteiger partial charge < -0.3 is 10.8 Å². The molecule has 4 N–H and O–H groups in total. The number of carboxylic acids is 1. The van der Waals surface area contributed by atoms with Crippen molar-refractivity contribution in [3.8, 4) is 0 Å². The fraction of sp³-hybridized carbons (Fsp3) is 0.333. The molecule has 30 heavy (non-hydrogen) atoms. The van der Waals surface area contributed by atoms with E-state index in [9.17, 15) is 14.7 Å². The number of amides is 1. The van der Waals surface area contributed by atoms with E-state index in [1.54, 1.807) is 12.1 Å². The van der Waals surface area contributed by atoms with Crippen LogP contribution in [0.15, 0.2) is 36.4 Å². The first-order valence-corrected chi connectivity index (χ1v) is 10.1. The van der Waals surface area contributed by atoms with E-state index in [1.165, 1.54) is 17.5 Å². The average Bonchev–Trinajstić information content (AvgIpc) is 2.66. The second-order valence-corrected chi connectivity index (χ2v) is 7.98. The lowest BCUT2D eigenvalue weighted by molar-refractivity contribution is -0.139. The van der Waals surface area contributed by atoms with E-state index in [0.29, 0.717) is 22.3 Å². The van der Waals surface area contributed by atoms with Crippen molar-refractivity contribution in [1.29, 1.82) is 0 Å². The van der Waals surface area contributed by atoms with Crippen LogP contribution in [0.3, 0.4) is 0 Å². The van der Waals surface area contributed by atoms with Crippen molar-refractivity contribution >= 4 is 53.2 Å². The van der Waals surface area contributed by atoms with Crippen LogP contribution in [0.5, 0.6) is 0 Å². The molecule has 0 aliphatic carbocycles. The Morgan fingerprint density at radius 2 is 1.90 bits per heavy atom. The van der Waals surface area contributed by atoms with Crippen LogP contribution in [0.2, 0.25) is 10.0 Å². The Morgan fingerprint density at radius 1 is 1.23 bits per heavy atom. The summed E-state index contributed by atoms with van der Waals surface area (Å²) in [6.07, 6.45) is 2.05. The molecule has 0 aromatic heterocycles. The van der Waals surface area contributed by atoms with E-state index in [-0.39, 0.29) is 30.7 Å². The lowest BCUT2D eigenvalue weighted by Gasteiger charge is -2.40. The van der Waals surface area contributed by atoms with Crippen LogP contribution in [0, 0.1) is 0 Å². The topological polar surface area (TPSA) is 95.7 Å². The molecule has 0 saturated carbocycles. The van der Waals surface area contributed by atoms with Crippen LogP contribution >= 0.6 is 35.6 Å². The van der Waals surface area contributed by atoms with Gasteiger partial charge in [0.15, 0.2) is 0 Å². The number of hydrogen-bond donors (Lipinski definition) is 3. The standard InChI is InChI=1S/C21H23Cl2N3O3.ClH/c1-12(27)25-26-18-10-15(22)9-17(23)20(18)16(11-19(26)21(28)29)14-6-4-13(5-7-14)3-2-8-24;/h4-7,9-10,16,19H,2-3,8,11,24H2,1H3,(H,25,27)(H,28,29);1H. The van der Waals surface area contributed by atoms with Crippen molar-refractivity contribution in [2.75, 3.05) is 11.6 Å². The summed E-state index contributed by atoms with van der Waals surface area (Å²) in [6.45, 7) is 1.96. The van der Waals surface area contributed by atoms with Crippen molar-refractivity contribution in [1.82, 2.24) is 5.43 Å². The van der Waals surface area contributed by atoms with Crippen LogP contribution in [-0.2, 0) is 16.0 Å². The van der Waals surface area contributed by atoms with Crippen LogP contribution in [0.1, 0.15) is 42.4 Å². The zero-order valence-corrected chi connectivity index (χ0v) is 18.7. The van der Waals surface area contributed by atoms with E-state index >= 15 is 0 Å². The number of aliphatic carboxylic acids is 1. The molecule has 1 heterocycles. The molecule has 2 aromatic rings. The van der Waals surface area contributed by atoms with Crippen molar-refractivity contribution in [3.05, 3.63) is 63.1 Å². The number of carboxylic acid groups (broad SMARTS) is 1. The quantitative estimate of drug-likeness (QED) is 0.587. The van der Waals surface area contributed by atoms with Gasteiger partial charge in [-0.1, -0.05) is 47.5 Å². The summed E-state index contributed by atoms with van der Waals surface area (Å²) in [5.74, 6) is -1.66. The van der Waals surface area contributed by atoms with E-state index in [0.717, 1.165) is 24.0 Å². The van der Waals surface area contributed by atoms with Gasteiger partial charge in [-0.3, -0.25) is 15.2 Å². The third-order valence-corrected chi connectivity index (χ3v) is 5.60. The van der Waals surface area contributed by atoms with E-state index in [2.05, 4.69) is 5.43 Å². The van der Waals surface area contributed by atoms with Gasteiger partial charge in [-0.15, -0.1) is 12.4 Å². The smallest absolute Gasteiger partial charge is 0.328 e. The lowest BCUT2D eigenvalue weighted by atomic mass is 9.81. The number of hydrogen-bond acceptors (Lipinski definition) is 4. The highest BCUT2D eigenvalue weighted by molar-refractivity contribution is 6.35. The molecule has 0 fully saturated rings. The van der Waals surface area contributed by atoms with E-state index in [4.69, 9.17) is 28.9 Å². The normalized spacial score (nSPS) is 17.7. The van der Waals surface area contributed by atoms with Crippen LogP contribution in [-0.4, -0.2) is 29.6 Å². The number of halogens is 3. The van der Waals surface area contributed by atoms with Crippen molar-refractivity contribution in [2.24, 2.45) is 5.73 Å². The van der Waals surface area contributed by atoms with Gasteiger partial charge >= 0.3 is 5.97 Å². The predicted octanol–water partition coefficient (Wildman–Crippen LogP) is 4.15. The summed E-state index contributed by atoms with van der Waals surface area (Å²) >= 11 is 12.7. The highest BCUT2D eigenvalue weighted by atomic mass is 35.5. The third-order valence-electron chi connectivity index (χ3n) is 5.07. The molecule has 0 radical (unpaired) electrons. The number of fused-ring (bicyclic) bond motifs is 1. The van der Waals surface area contributed by atoms with Gasteiger partial charge in [0.25, 0.3) is 0 Å². The summed E-state index contributed by atoms with van der Waals surface area (Å²) in [7, 11) is 0. The molecule has 3 rings (SSSR count). The van der Waals surface area contributed by atoms with Gasteiger partial charge in [0.2, 0.25) is 5.91 Å². The minimum Gasteiger partial charge on any atom is -0.480 e. The first-order chi connectivity index (χ1) is 13.8. The fourth-order valence-corrected chi connectivity index (χ4v) is 4.39. The highest BCUT2D eigenvalue weighted by Crippen LogP contribution is 2.46. The molecular weight excluding hydrogens is 449 g/mol. The van der Waals surface area contributed by atoms with Crippen LogP contribution < -0.4 is 16.2 Å². The molecule has 9 heteroatoms. The number of aryl methyl sites for hydroxylation is 1. The number of carbonyl (C=O) groups is 2. The monoisotopic (exact) mass is 471 g/mol. The summed E-state index contributed by atoms with van der Waals surface area (Å²) < 4.78 is 0. The van der Waals surface area contributed by atoms with Gasteiger partial charge in [0.05, 0.1) is 5.69 Å². The fourth-order valence-electron chi connectivity index (χ4n) is 3.77. The predicted molar refractivity (Wildman–Crippen MR) is 122 cm³/mol. The van der Waals surface area contributed by atoms with Gasteiger partial charge in [-0.05, 0) is 49.1 Å². The maximum absolute atomic E-state index is 12.0. The number of nitrogens with zero attached hydrogens (tertiary/aromatic N) is 1. The minimum absolute atomic E-state index is 0. The second kappa shape index (κ2) is 10.4. The van der Waals surface area contributed by atoms with Gasteiger partial charge in [-0.2, -0.15) is 0 Å². The second-order valence-electron chi connectivity index (χ2n) is 7.13. The number of rotatable bonds is 6. The number of nitrogens with one attached hydrogen (secondary N) is 1. The Balaban J connectivity index is 0.00000320. The lowest BCUT2D eigenvalue weighted by Crippen LogP contribution is -2.54. The Hall–Kier alpha value is -1.99. The molecule has 1 aliphatic rings. The number of anilines is 1. The SMILES string of the molecule is CC(=O)NN1c2cc(Cl)cc(Cl)c2C(c2ccc(CCCN)cc2)CC1C(=O)O.Cl. The van der Waals surface area contributed by atoms with Crippen LogP contribution in [0.25, 0.3) is 0 Å². The van der Waals surface area contributed by atoms with Crippen molar-refractivity contribution in [3.63, 3.8) is 0 Å². The number of nitrogens with two attached hydrogens (primary N) is 1. The number of carbonyl (C=O) groups excluding carboxylic acids is 1. The summed E-state index contributed by atoms with van der Waals surface area (Å²) in [5, 5.41) is 12.0. The van der Waals surface area contributed by atoms with Gasteiger partial charge in [-0.25, -0.2) is 4.79 Å². The Morgan fingerprint density at radius 3 is 2.47 bits per heavy atom. The highest BCUT2D eigenvalue weighted by Gasteiger charge is 2.39. The minimum atomic E-state index is -1.04. The molecule has 162 valence electrons. The third kappa shape index (κ3) is 5.19. The average molecular weight is 473 g/mol. The number of benzene rings is 2. The molecule has 2 unspecified atom stereocenters. The van der Waals surface area contributed by atoms with Crippen molar-refractivity contribution < 1.29 is 14.7 Å². The molecule has 2 atom stereocenters. The molecule has 0 saturated heterocycles. The largest absolute Gasteiger partial charge is 0.480 e. The van der Waals surface area contributed by atoms with Gasteiger partial charge in [0, 0.05) is 28.5 Å². The Kier molecular flexibility index (Phi) is 8.38. The first-order valence-electron chi connectivity index (χ1n) is 9.39. The molecule has 1 aliphatic heterocycles. The summed E-state index contributed by atoms with van der Waals surface area (Å²) in [4.78, 5) is 23.7. The first kappa shape index (κ1) is 24.3. The zero-order chi connectivity index (χ0) is 21.1. The van der Waals surface area contributed by atoms with Crippen molar-refractivity contribution in [2.45, 2.75) is 38.1 Å².